The van der Waals surface area contributed by atoms with E-state index in [0.29, 0.717) is 0 Å². The maximum atomic E-state index is 11.6. The van der Waals surface area contributed by atoms with Gasteiger partial charge in [0.1, 0.15) is 5.25 Å². The van der Waals surface area contributed by atoms with Crippen LogP contribution in [0.15, 0.2) is 0 Å². The van der Waals surface area contributed by atoms with E-state index in [4.69, 9.17) is 5.73 Å². The maximum Gasteiger partial charge on any atom is 0.221 e. The predicted molar refractivity (Wildman–Crippen MR) is 75.7 cm³/mol. The normalized spacial score (nSPS) is 14.0. The number of rotatable bonds is 6. The molecule has 0 rings (SSSR count). The number of amides is 1. The summed E-state index contributed by atoms with van der Waals surface area (Å²) in [6, 6.07) is 0. The second-order valence-corrected chi connectivity index (χ2v) is 7.59. The highest BCUT2D eigenvalue weighted by molar-refractivity contribution is 7.93. The van der Waals surface area contributed by atoms with Crippen molar-refractivity contribution >= 4 is 33.1 Å². The number of nitrogens with one attached hydrogen (secondary N) is 2. The van der Waals surface area contributed by atoms with Crippen molar-refractivity contribution in [2.75, 3.05) is 6.54 Å². The van der Waals surface area contributed by atoms with Crippen molar-refractivity contribution in [1.29, 1.82) is 0 Å². The van der Waals surface area contributed by atoms with E-state index in [1.54, 1.807) is 0 Å². The number of carbonyl (C=O) groups is 1. The molecule has 8 heteroatoms. The summed E-state index contributed by atoms with van der Waals surface area (Å²) in [5.41, 5.74) is 4.94. The molecule has 0 aromatic carbocycles. The Hall–Kier alpha value is -0.730. The van der Waals surface area contributed by atoms with Gasteiger partial charge in [-0.2, -0.15) is 0 Å². The van der Waals surface area contributed by atoms with Crippen molar-refractivity contribution in [1.82, 2.24) is 10.0 Å². The number of nitrogens with two attached hydrogens (primary N) is 1. The van der Waals surface area contributed by atoms with Gasteiger partial charge in [0.15, 0.2) is 0 Å². The van der Waals surface area contributed by atoms with Crippen molar-refractivity contribution < 1.29 is 13.2 Å². The molecule has 0 radical (unpaired) electrons. The van der Waals surface area contributed by atoms with E-state index in [0.717, 1.165) is 0 Å². The maximum absolute atomic E-state index is 11.6. The van der Waals surface area contributed by atoms with Gasteiger partial charge in [-0.1, -0.05) is 12.2 Å². The van der Waals surface area contributed by atoms with E-state index in [1.807, 2.05) is 20.8 Å². The Bertz CT molecular complexity index is 413. The Morgan fingerprint density at radius 2 is 1.89 bits per heavy atom. The Kier molecular flexibility index (Phi) is 6.18. The van der Waals surface area contributed by atoms with Gasteiger partial charge in [0.2, 0.25) is 15.9 Å². The molecule has 0 spiro atoms. The molecule has 106 valence electrons. The first kappa shape index (κ1) is 17.3. The minimum atomic E-state index is -3.60. The molecule has 0 aromatic rings. The molecule has 1 unspecified atom stereocenters. The highest BCUT2D eigenvalue weighted by Gasteiger charge is 2.23. The van der Waals surface area contributed by atoms with Gasteiger partial charge in [0.25, 0.3) is 0 Å². The number of hydrogen-bond donors (Lipinski definition) is 3. The standard InChI is InChI=1S/C10H21N3O3S2/c1-7(9(11)17)18(15,16)12-6-5-8(14)13-10(2,3)4/h7,12H,5-6H2,1-4H3,(H2,11,17)(H,13,14). The molecular formula is C10H21N3O3S2. The van der Waals surface area contributed by atoms with Crippen LogP contribution >= 0.6 is 12.2 Å². The third-order valence-electron chi connectivity index (χ3n) is 2.04. The van der Waals surface area contributed by atoms with Gasteiger partial charge in [-0.05, 0) is 27.7 Å². The molecule has 0 aliphatic carbocycles. The summed E-state index contributed by atoms with van der Waals surface area (Å²) < 4.78 is 25.6. The Labute approximate surface area is 114 Å². The summed E-state index contributed by atoms with van der Waals surface area (Å²) in [7, 11) is -3.60. The summed E-state index contributed by atoms with van der Waals surface area (Å²) in [6.45, 7) is 6.98. The van der Waals surface area contributed by atoms with Crippen molar-refractivity contribution in [3.05, 3.63) is 0 Å². The third kappa shape index (κ3) is 6.87. The molecule has 6 nitrogen and oxygen atoms in total. The zero-order chi connectivity index (χ0) is 14.6. The summed E-state index contributed by atoms with van der Waals surface area (Å²) in [5.74, 6) is -0.215. The quantitative estimate of drug-likeness (QED) is 0.593. The molecule has 0 heterocycles. The van der Waals surface area contributed by atoms with Gasteiger partial charge in [0.05, 0.1) is 4.99 Å². The van der Waals surface area contributed by atoms with E-state index < -0.39 is 15.3 Å². The van der Waals surface area contributed by atoms with Gasteiger partial charge < -0.3 is 11.1 Å². The zero-order valence-corrected chi connectivity index (χ0v) is 12.7. The van der Waals surface area contributed by atoms with E-state index in [-0.39, 0.29) is 29.4 Å². The van der Waals surface area contributed by atoms with Crippen molar-refractivity contribution in [2.24, 2.45) is 5.73 Å². The average molecular weight is 295 g/mol. The van der Waals surface area contributed by atoms with Gasteiger partial charge in [-0.25, -0.2) is 13.1 Å². The van der Waals surface area contributed by atoms with Crippen LogP contribution in [0.2, 0.25) is 0 Å². The van der Waals surface area contributed by atoms with Crippen LogP contribution in [0, 0.1) is 0 Å². The second-order valence-electron chi connectivity index (χ2n) is 5.03. The summed E-state index contributed by atoms with van der Waals surface area (Å²) in [4.78, 5) is 11.4. The molecule has 0 aliphatic heterocycles. The van der Waals surface area contributed by atoms with Gasteiger partial charge in [-0.3, -0.25) is 4.79 Å². The SMILES string of the molecule is CC(C(N)=S)S(=O)(=O)NCCC(=O)NC(C)(C)C. The lowest BCUT2D eigenvalue weighted by Crippen LogP contribution is -2.44. The number of carbonyl (C=O) groups excluding carboxylic acids is 1. The van der Waals surface area contributed by atoms with Crippen LogP contribution in [0.5, 0.6) is 0 Å². The smallest absolute Gasteiger partial charge is 0.221 e. The fraction of sp³-hybridized carbons (Fsp3) is 0.800. The van der Waals surface area contributed by atoms with Crippen LogP contribution in [-0.4, -0.2) is 36.6 Å². The minimum absolute atomic E-state index is 0.0250. The molecule has 1 amide bonds. The van der Waals surface area contributed by atoms with Crippen LogP contribution in [-0.2, 0) is 14.8 Å². The van der Waals surface area contributed by atoms with Crippen LogP contribution in [0.1, 0.15) is 34.1 Å². The van der Waals surface area contributed by atoms with Gasteiger partial charge >= 0.3 is 0 Å². The minimum Gasteiger partial charge on any atom is -0.392 e. The van der Waals surface area contributed by atoms with Gasteiger partial charge in [0, 0.05) is 18.5 Å². The Balaban J connectivity index is 4.21. The topological polar surface area (TPSA) is 101 Å². The van der Waals surface area contributed by atoms with Gasteiger partial charge in [-0.15, -0.1) is 0 Å². The molecule has 0 aromatic heterocycles. The molecular weight excluding hydrogens is 274 g/mol. The Morgan fingerprint density at radius 1 is 1.39 bits per heavy atom. The number of hydrogen-bond acceptors (Lipinski definition) is 4. The lowest BCUT2D eigenvalue weighted by Gasteiger charge is -2.20. The fourth-order valence-electron chi connectivity index (χ4n) is 1.07. The summed E-state index contributed by atoms with van der Waals surface area (Å²) in [5, 5.41) is 1.79. The fourth-order valence-corrected chi connectivity index (χ4v) is 2.39. The zero-order valence-electron chi connectivity index (χ0n) is 11.1. The lowest BCUT2D eigenvalue weighted by atomic mass is 10.1. The van der Waals surface area contributed by atoms with E-state index in [1.165, 1.54) is 6.92 Å². The average Bonchev–Trinajstić information content (AvgIpc) is 2.12. The van der Waals surface area contributed by atoms with Crippen molar-refractivity contribution in [3.63, 3.8) is 0 Å². The molecule has 4 N–H and O–H groups in total. The second kappa shape index (κ2) is 6.44. The summed E-state index contributed by atoms with van der Waals surface area (Å²) >= 11 is 4.62. The third-order valence-corrected chi connectivity index (χ3v) is 4.33. The number of sulfonamides is 1. The molecule has 0 bridgehead atoms. The summed E-state index contributed by atoms with van der Waals surface area (Å²) in [6.07, 6.45) is 0.0700. The first-order valence-corrected chi connectivity index (χ1v) is 7.50. The van der Waals surface area contributed by atoms with Crippen molar-refractivity contribution in [2.45, 2.75) is 44.9 Å². The van der Waals surface area contributed by atoms with Crippen LogP contribution in [0.4, 0.5) is 0 Å². The molecule has 18 heavy (non-hydrogen) atoms. The molecule has 0 fully saturated rings. The first-order valence-electron chi connectivity index (χ1n) is 5.54. The van der Waals surface area contributed by atoms with E-state index >= 15 is 0 Å². The molecule has 1 atom stereocenters. The molecule has 0 saturated heterocycles. The predicted octanol–water partition coefficient (Wildman–Crippen LogP) is -0.115. The first-order chi connectivity index (χ1) is 7.96. The van der Waals surface area contributed by atoms with Crippen molar-refractivity contribution in [3.8, 4) is 0 Å². The highest BCUT2D eigenvalue weighted by Crippen LogP contribution is 2.00. The highest BCUT2D eigenvalue weighted by atomic mass is 32.2. The van der Waals surface area contributed by atoms with E-state index in [2.05, 4.69) is 22.3 Å². The molecule has 0 aliphatic rings. The monoisotopic (exact) mass is 295 g/mol. The Morgan fingerprint density at radius 3 is 2.28 bits per heavy atom. The van der Waals surface area contributed by atoms with E-state index in [9.17, 15) is 13.2 Å². The van der Waals surface area contributed by atoms with Crippen LogP contribution < -0.4 is 15.8 Å². The molecule has 0 saturated carbocycles. The largest absolute Gasteiger partial charge is 0.392 e. The lowest BCUT2D eigenvalue weighted by molar-refractivity contribution is -0.122. The van der Waals surface area contributed by atoms with Crippen LogP contribution in [0.3, 0.4) is 0 Å². The number of thiocarbonyl (C=S) groups is 1. The van der Waals surface area contributed by atoms with Crippen LogP contribution in [0.25, 0.3) is 0 Å².